The van der Waals surface area contributed by atoms with Crippen molar-refractivity contribution >= 4 is 23.8 Å². The van der Waals surface area contributed by atoms with Gasteiger partial charge in [-0.15, -0.1) is 0 Å². The molecule has 0 aromatic rings. The predicted molar refractivity (Wildman–Crippen MR) is 103 cm³/mol. The van der Waals surface area contributed by atoms with E-state index in [2.05, 4.69) is 10.6 Å². The Hall–Kier alpha value is -2.12. The highest BCUT2D eigenvalue weighted by molar-refractivity contribution is 6.08. The molecule has 8 heteroatoms. The van der Waals surface area contributed by atoms with Crippen LogP contribution in [0.5, 0.6) is 0 Å². The summed E-state index contributed by atoms with van der Waals surface area (Å²) in [4.78, 5) is 50.0. The third-order valence-corrected chi connectivity index (χ3v) is 5.54. The van der Waals surface area contributed by atoms with Crippen LogP contribution in [0.3, 0.4) is 0 Å². The first-order chi connectivity index (χ1) is 13.3. The number of ether oxygens (including phenoxy) is 1. The second-order valence-corrected chi connectivity index (χ2v) is 8.09. The number of nitrogens with zero attached hydrogens (tertiary/aromatic N) is 1. The first-order valence-electron chi connectivity index (χ1n) is 10.4. The Morgan fingerprint density at radius 1 is 1.25 bits per heavy atom. The van der Waals surface area contributed by atoms with Crippen molar-refractivity contribution in [1.82, 2.24) is 15.5 Å². The number of esters is 1. The highest BCUT2D eigenvalue weighted by Gasteiger charge is 2.48. The maximum atomic E-state index is 12.5. The van der Waals surface area contributed by atoms with Crippen molar-refractivity contribution in [3.8, 4) is 0 Å². The van der Waals surface area contributed by atoms with Gasteiger partial charge in [-0.1, -0.05) is 45.4 Å². The summed E-state index contributed by atoms with van der Waals surface area (Å²) >= 11 is 0. The minimum Gasteiger partial charge on any atom is -0.451 e. The fourth-order valence-corrected chi connectivity index (χ4v) is 3.75. The van der Waals surface area contributed by atoms with Gasteiger partial charge in [0.25, 0.3) is 11.8 Å². The Bertz CT molecular complexity index is 601. The third-order valence-electron chi connectivity index (χ3n) is 5.54. The SMILES string of the molecule is CCCC[C@]1(C)NC(=O)N(CC(=O)O[C@H](C)C(=O)NC2CCCCCC2)C1=O. The number of carbonyl (C=O) groups excluding carboxylic acids is 4. The number of urea groups is 1. The number of unbranched alkanes of at least 4 members (excludes halogenated alkanes) is 1. The maximum absolute atomic E-state index is 12.5. The van der Waals surface area contributed by atoms with E-state index in [-0.39, 0.29) is 11.9 Å². The lowest BCUT2D eigenvalue weighted by Crippen LogP contribution is -2.45. The van der Waals surface area contributed by atoms with Crippen LogP contribution in [-0.4, -0.2) is 52.9 Å². The minimum absolute atomic E-state index is 0.112. The van der Waals surface area contributed by atoms with Crippen molar-refractivity contribution < 1.29 is 23.9 Å². The Morgan fingerprint density at radius 2 is 1.89 bits per heavy atom. The number of hydrogen-bond donors (Lipinski definition) is 2. The van der Waals surface area contributed by atoms with Gasteiger partial charge >= 0.3 is 12.0 Å². The molecule has 2 fully saturated rings. The zero-order valence-corrected chi connectivity index (χ0v) is 17.2. The van der Waals surface area contributed by atoms with Crippen molar-refractivity contribution in [1.29, 1.82) is 0 Å². The lowest BCUT2D eigenvalue weighted by Gasteiger charge is -2.22. The topological polar surface area (TPSA) is 105 Å². The lowest BCUT2D eigenvalue weighted by atomic mass is 9.95. The zero-order valence-electron chi connectivity index (χ0n) is 17.2. The summed E-state index contributed by atoms with van der Waals surface area (Å²) < 4.78 is 5.17. The average molecular weight is 396 g/mol. The molecule has 4 amide bonds. The minimum atomic E-state index is -0.990. The van der Waals surface area contributed by atoms with Gasteiger partial charge in [0, 0.05) is 6.04 Å². The summed E-state index contributed by atoms with van der Waals surface area (Å²) in [6.45, 7) is 4.67. The molecule has 1 heterocycles. The molecule has 0 aromatic heterocycles. The molecule has 0 unspecified atom stereocenters. The maximum Gasteiger partial charge on any atom is 0.327 e. The smallest absolute Gasteiger partial charge is 0.327 e. The number of rotatable bonds is 8. The number of nitrogens with one attached hydrogen (secondary N) is 2. The molecule has 2 rings (SSSR count). The molecule has 0 aromatic carbocycles. The van der Waals surface area contributed by atoms with E-state index in [0.717, 1.165) is 43.4 Å². The molecule has 28 heavy (non-hydrogen) atoms. The third kappa shape index (κ3) is 5.69. The highest BCUT2D eigenvalue weighted by Crippen LogP contribution is 2.23. The van der Waals surface area contributed by atoms with E-state index >= 15 is 0 Å². The standard InChI is InChI=1S/C20H33N3O5/c1-4-5-12-20(3)18(26)23(19(27)22-20)13-16(24)28-14(2)17(25)21-15-10-8-6-7-9-11-15/h14-15H,4-13H2,1-3H3,(H,21,25)(H,22,27)/t14-,20+/m1/s1. The molecule has 1 aliphatic heterocycles. The Labute approximate surface area is 166 Å². The van der Waals surface area contributed by atoms with E-state index in [0.29, 0.717) is 6.42 Å². The number of hydrogen-bond acceptors (Lipinski definition) is 5. The summed E-state index contributed by atoms with van der Waals surface area (Å²) in [5.74, 6) is -1.55. The summed E-state index contributed by atoms with van der Waals surface area (Å²) in [5, 5.41) is 5.59. The first-order valence-corrected chi connectivity index (χ1v) is 10.4. The van der Waals surface area contributed by atoms with E-state index < -0.39 is 36.1 Å². The van der Waals surface area contributed by atoms with Gasteiger partial charge in [-0.3, -0.25) is 19.3 Å². The van der Waals surface area contributed by atoms with Gasteiger partial charge < -0.3 is 15.4 Å². The Balaban J connectivity index is 1.84. The molecular weight excluding hydrogens is 362 g/mol. The van der Waals surface area contributed by atoms with Gasteiger partial charge in [-0.2, -0.15) is 0 Å². The summed E-state index contributed by atoms with van der Waals surface area (Å²) in [6, 6.07) is -0.488. The van der Waals surface area contributed by atoms with Crippen LogP contribution >= 0.6 is 0 Å². The van der Waals surface area contributed by atoms with E-state index in [1.54, 1.807) is 6.92 Å². The molecular formula is C20H33N3O5. The Morgan fingerprint density at radius 3 is 2.50 bits per heavy atom. The van der Waals surface area contributed by atoms with Crippen LogP contribution in [0.1, 0.15) is 78.6 Å². The monoisotopic (exact) mass is 395 g/mol. The number of imide groups is 1. The van der Waals surface area contributed by atoms with Crippen LogP contribution in [0.2, 0.25) is 0 Å². The molecule has 1 saturated heterocycles. The van der Waals surface area contributed by atoms with Crippen LogP contribution in [-0.2, 0) is 19.1 Å². The summed E-state index contributed by atoms with van der Waals surface area (Å²) in [5.41, 5.74) is -0.990. The lowest BCUT2D eigenvalue weighted by molar-refractivity contribution is -0.156. The van der Waals surface area contributed by atoms with Crippen LogP contribution in [0, 0.1) is 0 Å². The molecule has 8 nitrogen and oxygen atoms in total. The van der Waals surface area contributed by atoms with E-state index in [1.165, 1.54) is 19.8 Å². The fourth-order valence-electron chi connectivity index (χ4n) is 3.75. The predicted octanol–water partition coefficient (Wildman–Crippen LogP) is 2.26. The fraction of sp³-hybridized carbons (Fsp3) is 0.800. The van der Waals surface area contributed by atoms with E-state index in [4.69, 9.17) is 4.74 Å². The molecule has 0 bridgehead atoms. The molecule has 2 atom stereocenters. The van der Waals surface area contributed by atoms with Gasteiger partial charge in [-0.05, 0) is 33.1 Å². The number of carbonyl (C=O) groups is 4. The second-order valence-electron chi connectivity index (χ2n) is 8.09. The van der Waals surface area contributed by atoms with Crippen molar-refractivity contribution in [3.05, 3.63) is 0 Å². The molecule has 158 valence electrons. The summed E-state index contributed by atoms with van der Waals surface area (Å²) in [6.07, 6.45) is 7.64. The highest BCUT2D eigenvalue weighted by atomic mass is 16.5. The molecule has 1 saturated carbocycles. The van der Waals surface area contributed by atoms with Gasteiger partial charge in [0.2, 0.25) is 0 Å². The molecule has 2 aliphatic rings. The van der Waals surface area contributed by atoms with Gasteiger partial charge in [-0.25, -0.2) is 4.79 Å². The Kier molecular flexibility index (Phi) is 7.83. The van der Waals surface area contributed by atoms with Crippen LogP contribution in [0.25, 0.3) is 0 Å². The summed E-state index contributed by atoms with van der Waals surface area (Å²) in [7, 11) is 0. The van der Waals surface area contributed by atoms with Crippen LogP contribution in [0.4, 0.5) is 4.79 Å². The molecule has 2 N–H and O–H groups in total. The van der Waals surface area contributed by atoms with E-state index in [1.807, 2.05) is 6.92 Å². The van der Waals surface area contributed by atoms with Gasteiger partial charge in [0.15, 0.2) is 6.10 Å². The van der Waals surface area contributed by atoms with Crippen molar-refractivity contribution in [2.75, 3.05) is 6.54 Å². The largest absolute Gasteiger partial charge is 0.451 e. The normalized spacial score (nSPS) is 24.5. The van der Waals surface area contributed by atoms with Gasteiger partial charge in [0.1, 0.15) is 12.1 Å². The second kappa shape index (κ2) is 9.89. The first kappa shape index (κ1) is 22.2. The zero-order chi connectivity index (χ0) is 20.7. The van der Waals surface area contributed by atoms with Crippen molar-refractivity contribution in [2.45, 2.75) is 96.2 Å². The number of amides is 4. The van der Waals surface area contributed by atoms with Crippen LogP contribution in [0.15, 0.2) is 0 Å². The average Bonchev–Trinajstić information content (AvgIpc) is 2.83. The van der Waals surface area contributed by atoms with Crippen LogP contribution < -0.4 is 10.6 Å². The van der Waals surface area contributed by atoms with Crippen molar-refractivity contribution in [3.63, 3.8) is 0 Å². The quantitative estimate of drug-likeness (QED) is 0.373. The molecule has 0 radical (unpaired) electrons. The molecule has 0 spiro atoms. The van der Waals surface area contributed by atoms with E-state index in [9.17, 15) is 19.2 Å². The molecule has 1 aliphatic carbocycles. The van der Waals surface area contributed by atoms with Crippen molar-refractivity contribution in [2.24, 2.45) is 0 Å². The van der Waals surface area contributed by atoms with Gasteiger partial charge in [0.05, 0.1) is 0 Å².